The summed E-state index contributed by atoms with van der Waals surface area (Å²) in [6, 6.07) is 6.48. The van der Waals surface area contributed by atoms with Crippen molar-refractivity contribution in [1.82, 2.24) is 9.80 Å². The van der Waals surface area contributed by atoms with Crippen LogP contribution in [0.25, 0.3) is 0 Å². The Hall–Kier alpha value is -1.10. The summed E-state index contributed by atoms with van der Waals surface area (Å²) in [6.45, 7) is 4.93. The van der Waals surface area contributed by atoms with E-state index >= 15 is 0 Å². The number of nitrogens with zero attached hydrogens (tertiary/aromatic N) is 2. The van der Waals surface area contributed by atoms with E-state index in [2.05, 4.69) is 23.9 Å². The van der Waals surface area contributed by atoms with E-state index in [1.165, 1.54) is 19.4 Å². The van der Waals surface area contributed by atoms with E-state index in [0.717, 1.165) is 23.4 Å². The highest BCUT2D eigenvalue weighted by molar-refractivity contribution is 5.38. The molecule has 0 bridgehead atoms. The molecule has 1 aliphatic rings. The Morgan fingerprint density at radius 2 is 2.24 bits per heavy atom. The lowest BCUT2D eigenvalue weighted by molar-refractivity contribution is 0.0730. The van der Waals surface area contributed by atoms with Gasteiger partial charge < -0.3 is 14.7 Å². The van der Waals surface area contributed by atoms with Gasteiger partial charge in [-0.15, -0.1) is 0 Å². The van der Waals surface area contributed by atoms with Crippen LogP contribution in [-0.4, -0.2) is 61.8 Å². The Bertz CT molecular complexity index is 464. The van der Waals surface area contributed by atoms with Gasteiger partial charge in [-0.3, -0.25) is 4.90 Å². The zero-order valence-electron chi connectivity index (χ0n) is 13.7. The molecule has 0 aromatic heterocycles. The second-order valence-electron chi connectivity index (χ2n) is 6.26. The molecule has 118 valence electrons. The summed E-state index contributed by atoms with van der Waals surface area (Å²) in [7, 11) is 5.93. The first-order chi connectivity index (χ1) is 10.0. The van der Waals surface area contributed by atoms with Gasteiger partial charge in [0, 0.05) is 24.7 Å². The van der Waals surface area contributed by atoms with Crippen molar-refractivity contribution >= 4 is 0 Å². The topological polar surface area (TPSA) is 35.9 Å². The minimum absolute atomic E-state index is 0.517. The zero-order valence-corrected chi connectivity index (χ0v) is 13.7. The number of likely N-dealkylation sites (N-methyl/N-ethyl adjacent to an activating group) is 2. The van der Waals surface area contributed by atoms with Crippen LogP contribution in [0.3, 0.4) is 0 Å². The average Bonchev–Trinajstić information content (AvgIpc) is 2.47. The molecule has 2 unspecified atom stereocenters. The molecule has 1 saturated heterocycles. The maximum absolute atomic E-state index is 10.6. The van der Waals surface area contributed by atoms with Crippen molar-refractivity contribution in [1.29, 1.82) is 0 Å². The van der Waals surface area contributed by atoms with Crippen LogP contribution in [0.4, 0.5) is 0 Å². The van der Waals surface area contributed by atoms with Gasteiger partial charge in [-0.1, -0.05) is 11.6 Å². The second kappa shape index (κ2) is 7.25. The molecule has 21 heavy (non-hydrogen) atoms. The van der Waals surface area contributed by atoms with Crippen molar-refractivity contribution in [2.24, 2.45) is 0 Å². The summed E-state index contributed by atoms with van der Waals surface area (Å²) in [4.78, 5) is 4.65. The highest BCUT2D eigenvalue weighted by Gasteiger charge is 2.24. The van der Waals surface area contributed by atoms with Gasteiger partial charge in [0.1, 0.15) is 5.75 Å². The van der Waals surface area contributed by atoms with Crippen LogP contribution < -0.4 is 4.74 Å². The van der Waals surface area contributed by atoms with Crippen molar-refractivity contribution < 1.29 is 9.84 Å². The lowest BCUT2D eigenvalue weighted by Crippen LogP contribution is -2.46. The fourth-order valence-electron chi connectivity index (χ4n) is 3.13. The molecular weight excluding hydrogens is 264 g/mol. The van der Waals surface area contributed by atoms with Crippen LogP contribution in [0.2, 0.25) is 0 Å². The van der Waals surface area contributed by atoms with Gasteiger partial charge in [-0.05, 0) is 52.5 Å². The summed E-state index contributed by atoms with van der Waals surface area (Å²) < 4.78 is 5.38. The Morgan fingerprint density at radius 3 is 2.90 bits per heavy atom. The van der Waals surface area contributed by atoms with Crippen LogP contribution in [0.1, 0.15) is 30.1 Å². The number of aliphatic hydroxyl groups excluding tert-OH is 1. The highest BCUT2D eigenvalue weighted by atomic mass is 16.5. The van der Waals surface area contributed by atoms with Gasteiger partial charge in [0.2, 0.25) is 0 Å². The SMILES string of the molecule is COc1ccc(C)cc1C(O)CN(C)C1CCCN(C)C1. The number of hydrogen-bond donors (Lipinski definition) is 1. The summed E-state index contributed by atoms with van der Waals surface area (Å²) in [5, 5.41) is 10.6. The van der Waals surface area contributed by atoms with E-state index in [9.17, 15) is 5.11 Å². The van der Waals surface area contributed by atoms with Crippen molar-refractivity contribution in [2.45, 2.75) is 31.9 Å². The highest BCUT2D eigenvalue weighted by Crippen LogP contribution is 2.27. The molecule has 0 amide bonds. The molecular formula is C17H28N2O2. The normalized spacial score (nSPS) is 21.5. The molecule has 2 rings (SSSR count). The van der Waals surface area contributed by atoms with Gasteiger partial charge in [-0.25, -0.2) is 0 Å². The van der Waals surface area contributed by atoms with E-state index in [-0.39, 0.29) is 0 Å². The quantitative estimate of drug-likeness (QED) is 0.901. The number of likely N-dealkylation sites (tertiary alicyclic amines) is 1. The predicted octanol–water partition coefficient (Wildman–Crippen LogP) is 2.06. The van der Waals surface area contributed by atoms with Crippen LogP contribution in [0.5, 0.6) is 5.75 Å². The summed E-state index contributed by atoms with van der Waals surface area (Å²) in [6.07, 6.45) is 1.92. The first kappa shape index (κ1) is 16.3. The van der Waals surface area contributed by atoms with Crippen LogP contribution >= 0.6 is 0 Å². The fourth-order valence-corrected chi connectivity index (χ4v) is 3.13. The standard InChI is InChI=1S/C17H28N2O2/c1-13-7-8-17(21-4)15(10-13)16(20)12-19(3)14-6-5-9-18(2)11-14/h7-8,10,14,16,20H,5-6,9,11-12H2,1-4H3. The first-order valence-electron chi connectivity index (χ1n) is 7.72. The average molecular weight is 292 g/mol. The maximum atomic E-state index is 10.6. The molecule has 4 nitrogen and oxygen atoms in total. The Balaban J connectivity index is 2.03. The molecule has 1 heterocycles. The van der Waals surface area contributed by atoms with Gasteiger partial charge in [-0.2, -0.15) is 0 Å². The largest absolute Gasteiger partial charge is 0.496 e. The minimum Gasteiger partial charge on any atom is -0.496 e. The maximum Gasteiger partial charge on any atom is 0.124 e. The fraction of sp³-hybridized carbons (Fsp3) is 0.647. The number of rotatable bonds is 5. The molecule has 1 N–H and O–H groups in total. The third-order valence-electron chi connectivity index (χ3n) is 4.43. The van der Waals surface area contributed by atoms with Crippen molar-refractivity contribution in [3.05, 3.63) is 29.3 Å². The Labute approximate surface area is 128 Å². The number of piperidine rings is 1. The Kier molecular flexibility index (Phi) is 5.62. The minimum atomic E-state index is -0.517. The predicted molar refractivity (Wildman–Crippen MR) is 85.8 cm³/mol. The van der Waals surface area contributed by atoms with E-state index in [1.807, 2.05) is 25.1 Å². The molecule has 0 aliphatic carbocycles. The molecule has 2 atom stereocenters. The third-order valence-corrected chi connectivity index (χ3v) is 4.43. The molecule has 0 spiro atoms. The van der Waals surface area contributed by atoms with Crippen molar-refractivity contribution in [3.8, 4) is 5.75 Å². The lowest BCUT2D eigenvalue weighted by Gasteiger charge is -2.36. The smallest absolute Gasteiger partial charge is 0.124 e. The van der Waals surface area contributed by atoms with Gasteiger partial charge in [0.25, 0.3) is 0 Å². The van der Waals surface area contributed by atoms with Gasteiger partial charge in [0.05, 0.1) is 13.2 Å². The summed E-state index contributed by atoms with van der Waals surface area (Å²) in [5.74, 6) is 0.766. The number of methoxy groups -OCH3 is 1. The number of benzene rings is 1. The summed E-state index contributed by atoms with van der Waals surface area (Å²) >= 11 is 0. The summed E-state index contributed by atoms with van der Waals surface area (Å²) in [5.41, 5.74) is 2.03. The van der Waals surface area contributed by atoms with Crippen molar-refractivity contribution in [3.63, 3.8) is 0 Å². The number of hydrogen-bond acceptors (Lipinski definition) is 4. The molecule has 1 aromatic carbocycles. The third kappa shape index (κ3) is 4.19. The number of aliphatic hydroxyl groups is 1. The van der Waals surface area contributed by atoms with Gasteiger partial charge >= 0.3 is 0 Å². The molecule has 1 fully saturated rings. The molecule has 0 radical (unpaired) electrons. The van der Waals surface area contributed by atoms with E-state index in [0.29, 0.717) is 12.6 Å². The van der Waals surface area contributed by atoms with E-state index in [1.54, 1.807) is 7.11 Å². The van der Waals surface area contributed by atoms with E-state index < -0.39 is 6.10 Å². The molecule has 1 aromatic rings. The second-order valence-corrected chi connectivity index (χ2v) is 6.26. The first-order valence-corrected chi connectivity index (χ1v) is 7.72. The zero-order chi connectivity index (χ0) is 15.4. The van der Waals surface area contributed by atoms with Crippen LogP contribution in [0, 0.1) is 6.92 Å². The monoisotopic (exact) mass is 292 g/mol. The van der Waals surface area contributed by atoms with Crippen LogP contribution in [-0.2, 0) is 0 Å². The molecule has 1 aliphatic heterocycles. The van der Waals surface area contributed by atoms with E-state index in [4.69, 9.17) is 4.74 Å². The van der Waals surface area contributed by atoms with Crippen molar-refractivity contribution in [2.75, 3.05) is 40.8 Å². The number of aryl methyl sites for hydroxylation is 1. The lowest BCUT2D eigenvalue weighted by atomic mass is 10.0. The number of ether oxygens (including phenoxy) is 1. The molecule has 0 saturated carbocycles. The Morgan fingerprint density at radius 1 is 1.48 bits per heavy atom. The van der Waals surface area contributed by atoms with Crippen LogP contribution in [0.15, 0.2) is 18.2 Å². The molecule has 4 heteroatoms. The van der Waals surface area contributed by atoms with Gasteiger partial charge in [0.15, 0.2) is 0 Å².